The number of benzene rings is 1. The van der Waals surface area contributed by atoms with Gasteiger partial charge in [-0.25, -0.2) is 0 Å². The summed E-state index contributed by atoms with van der Waals surface area (Å²) in [5.41, 5.74) is 0.936. The normalized spacial score (nSPS) is 9.81. The fourth-order valence-corrected chi connectivity index (χ4v) is 1.77. The summed E-state index contributed by atoms with van der Waals surface area (Å²) < 4.78 is 0. The molecule has 0 saturated heterocycles. The van der Waals surface area contributed by atoms with Crippen molar-refractivity contribution < 1.29 is 10.2 Å². The van der Waals surface area contributed by atoms with Crippen LogP contribution in [0.25, 0.3) is 0 Å². The number of nitriles is 1. The summed E-state index contributed by atoms with van der Waals surface area (Å²) in [6, 6.07) is 7.46. The van der Waals surface area contributed by atoms with Crippen molar-refractivity contribution in [3.63, 3.8) is 0 Å². The minimum Gasteiger partial charge on any atom is -0.395 e. The van der Waals surface area contributed by atoms with Gasteiger partial charge in [-0.15, -0.1) is 0 Å². The zero-order chi connectivity index (χ0) is 11.8. The van der Waals surface area contributed by atoms with Gasteiger partial charge in [0, 0.05) is 23.7 Å². The van der Waals surface area contributed by atoms with E-state index in [-0.39, 0.29) is 13.2 Å². The number of thiocyanates is 1. The van der Waals surface area contributed by atoms with Crippen molar-refractivity contribution in [2.75, 3.05) is 31.2 Å². The van der Waals surface area contributed by atoms with Gasteiger partial charge in [-0.2, -0.15) is 5.26 Å². The molecule has 0 aliphatic rings. The number of rotatable bonds is 6. The first-order chi connectivity index (χ1) is 7.81. The van der Waals surface area contributed by atoms with Crippen LogP contribution in [0.3, 0.4) is 0 Å². The zero-order valence-electron chi connectivity index (χ0n) is 8.83. The van der Waals surface area contributed by atoms with E-state index in [0.29, 0.717) is 13.1 Å². The van der Waals surface area contributed by atoms with Crippen molar-refractivity contribution in [3.8, 4) is 5.40 Å². The predicted octanol–water partition coefficient (Wildman–Crippen LogP) is 1.05. The van der Waals surface area contributed by atoms with Gasteiger partial charge in [-0.1, -0.05) is 0 Å². The highest BCUT2D eigenvalue weighted by Gasteiger charge is 2.04. The Morgan fingerprint density at radius 2 is 1.69 bits per heavy atom. The molecule has 0 heterocycles. The molecule has 0 fully saturated rings. The molecule has 16 heavy (non-hydrogen) atoms. The van der Waals surface area contributed by atoms with E-state index in [2.05, 4.69) is 0 Å². The van der Waals surface area contributed by atoms with Crippen molar-refractivity contribution in [3.05, 3.63) is 24.3 Å². The summed E-state index contributed by atoms with van der Waals surface area (Å²) in [5.74, 6) is 0. The Labute approximate surface area is 99.1 Å². The molecule has 1 aromatic carbocycles. The lowest BCUT2D eigenvalue weighted by Gasteiger charge is -2.22. The Balaban J connectivity index is 2.73. The largest absolute Gasteiger partial charge is 0.395 e. The number of hydrogen-bond acceptors (Lipinski definition) is 5. The highest BCUT2D eigenvalue weighted by atomic mass is 32.2. The quantitative estimate of drug-likeness (QED) is 0.573. The average Bonchev–Trinajstić information content (AvgIpc) is 2.30. The van der Waals surface area contributed by atoms with Crippen molar-refractivity contribution >= 4 is 17.4 Å². The first kappa shape index (κ1) is 12.8. The van der Waals surface area contributed by atoms with Gasteiger partial charge >= 0.3 is 0 Å². The van der Waals surface area contributed by atoms with Gasteiger partial charge in [-0.05, 0) is 36.0 Å². The van der Waals surface area contributed by atoms with E-state index in [9.17, 15) is 0 Å². The second-order valence-electron chi connectivity index (χ2n) is 3.12. The molecule has 0 aliphatic carbocycles. The third-order valence-electron chi connectivity index (χ3n) is 2.11. The molecule has 86 valence electrons. The van der Waals surface area contributed by atoms with Crippen molar-refractivity contribution in [2.45, 2.75) is 4.90 Å². The first-order valence-corrected chi connectivity index (χ1v) is 5.76. The van der Waals surface area contributed by atoms with Crippen LogP contribution in [0.5, 0.6) is 0 Å². The standard InChI is InChI=1S/C11H14N2O2S/c12-9-16-11-3-1-10(2-4-11)13(5-7-14)6-8-15/h1-4,14-15H,5-8H2. The van der Waals surface area contributed by atoms with E-state index in [1.54, 1.807) is 0 Å². The molecule has 0 bridgehead atoms. The number of thioether (sulfide) groups is 1. The van der Waals surface area contributed by atoms with Gasteiger partial charge in [0.05, 0.1) is 13.2 Å². The molecule has 0 amide bonds. The van der Waals surface area contributed by atoms with Crippen molar-refractivity contribution in [1.82, 2.24) is 0 Å². The summed E-state index contributed by atoms with van der Waals surface area (Å²) in [4.78, 5) is 2.78. The average molecular weight is 238 g/mol. The first-order valence-electron chi connectivity index (χ1n) is 4.94. The van der Waals surface area contributed by atoms with E-state index in [1.807, 2.05) is 34.6 Å². The summed E-state index contributed by atoms with van der Waals surface area (Å²) in [5, 5.41) is 28.3. The third-order valence-corrected chi connectivity index (χ3v) is 2.70. The van der Waals surface area contributed by atoms with Gasteiger partial charge in [0.25, 0.3) is 0 Å². The Kier molecular flexibility index (Phi) is 5.72. The second-order valence-corrected chi connectivity index (χ2v) is 3.98. The van der Waals surface area contributed by atoms with Crippen LogP contribution in [0.4, 0.5) is 5.69 Å². The number of aliphatic hydroxyl groups excluding tert-OH is 2. The third kappa shape index (κ3) is 3.74. The number of nitrogens with zero attached hydrogens (tertiary/aromatic N) is 2. The molecule has 0 aliphatic heterocycles. The molecule has 0 aromatic heterocycles. The molecule has 0 unspecified atom stereocenters. The summed E-state index contributed by atoms with van der Waals surface area (Å²) in [6.45, 7) is 1.08. The SMILES string of the molecule is N#CSc1ccc(N(CCO)CCO)cc1. The van der Waals surface area contributed by atoms with Gasteiger partial charge in [0.1, 0.15) is 5.40 Å². The molecule has 0 saturated carbocycles. The monoisotopic (exact) mass is 238 g/mol. The van der Waals surface area contributed by atoms with Crippen LogP contribution in [-0.4, -0.2) is 36.5 Å². The van der Waals surface area contributed by atoms with Gasteiger partial charge in [0.15, 0.2) is 0 Å². The van der Waals surface area contributed by atoms with E-state index in [0.717, 1.165) is 22.3 Å². The van der Waals surface area contributed by atoms with E-state index in [1.165, 1.54) is 0 Å². The van der Waals surface area contributed by atoms with Crippen LogP contribution in [0.2, 0.25) is 0 Å². The maximum atomic E-state index is 8.89. The zero-order valence-corrected chi connectivity index (χ0v) is 9.65. The Hall–Kier alpha value is -1.22. The lowest BCUT2D eigenvalue weighted by atomic mass is 10.3. The smallest absolute Gasteiger partial charge is 0.138 e. The van der Waals surface area contributed by atoms with Crippen molar-refractivity contribution in [2.24, 2.45) is 0 Å². The molecule has 1 aromatic rings. The second kappa shape index (κ2) is 7.12. The van der Waals surface area contributed by atoms with Crippen LogP contribution in [-0.2, 0) is 0 Å². The highest BCUT2D eigenvalue weighted by Crippen LogP contribution is 2.21. The maximum absolute atomic E-state index is 8.89. The Bertz CT molecular complexity index is 342. The summed E-state index contributed by atoms with van der Waals surface area (Å²) >= 11 is 1.11. The van der Waals surface area contributed by atoms with Crippen molar-refractivity contribution in [1.29, 1.82) is 5.26 Å². The number of aliphatic hydroxyl groups is 2. The summed E-state index contributed by atoms with van der Waals surface area (Å²) in [7, 11) is 0. The maximum Gasteiger partial charge on any atom is 0.138 e. The molecular weight excluding hydrogens is 224 g/mol. The molecule has 2 N–H and O–H groups in total. The lowest BCUT2D eigenvalue weighted by Crippen LogP contribution is -2.29. The molecule has 5 heteroatoms. The molecule has 1 rings (SSSR count). The lowest BCUT2D eigenvalue weighted by molar-refractivity contribution is 0.281. The molecule has 0 spiro atoms. The molecule has 0 atom stereocenters. The van der Waals surface area contributed by atoms with Gasteiger partial charge < -0.3 is 15.1 Å². The molecule has 0 radical (unpaired) electrons. The van der Waals surface area contributed by atoms with E-state index >= 15 is 0 Å². The van der Waals surface area contributed by atoms with Crippen LogP contribution < -0.4 is 4.90 Å². The minimum atomic E-state index is 0.0503. The fourth-order valence-electron chi connectivity index (χ4n) is 1.39. The Morgan fingerprint density at radius 3 is 2.12 bits per heavy atom. The fraction of sp³-hybridized carbons (Fsp3) is 0.364. The number of hydrogen-bond donors (Lipinski definition) is 2. The summed E-state index contributed by atoms with van der Waals surface area (Å²) in [6.07, 6.45) is 0. The Morgan fingerprint density at radius 1 is 1.12 bits per heavy atom. The van der Waals surface area contributed by atoms with Gasteiger partial charge in [0.2, 0.25) is 0 Å². The van der Waals surface area contributed by atoms with E-state index < -0.39 is 0 Å². The minimum absolute atomic E-state index is 0.0503. The number of anilines is 1. The van der Waals surface area contributed by atoms with Crippen LogP contribution in [0.15, 0.2) is 29.2 Å². The molecular formula is C11H14N2O2S. The van der Waals surface area contributed by atoms with Crippen LogP contribution >= 0.6 is 11.8 Å². The topological polar surface area (TPSA) is 67.5 Å². The molecule has 4 nitrogen and oxygen atoms in total. The predicted molar refractivity (Wildman–Crippen MR) is 64.3 cm³/mol. The van der Waals surface area contributed by atoms with Crippen LogP contribution in [0.1, 0.15) is 0 Å². The highest BCUT2D eigenvalue weighted by molar-refractivity contribution is 8.03. The van der Waals surface area contributed by atoms with E-state index in [4.69, 9.17) is 15.5 Å². The van der Waals surface area contributed by atoms with Crippen LogP contribution in [0, 0.1) is 10.7 Å². The van der Waals surface area contributed by atoms with Gasteiger partial charge in [-0.3, -0.25) is 0 Å².